The minimum Gasteiger partial charge on any atom is -0.497 e. The first-order valence-electron chi connectivity index (χ1n) is 9.36. The van der Waals surface area contributed by atoms with E-state index in [1.54, 1.807) is 7.11 Å². The Morgan fingerprint density at radius 1 is 0.786 bits per heavy atom. The highest BCUT2D eigenvalue weighted by Gasteiger charge is 2.20. The molecule has 1 aliphatic heterocycles. The fraction of sp³-hybridized carbons (Fsp3) is 0.333. The van der Waals surface area contributed by atoms with Crippen LogP contribution in [0.3, 0.4) is 0 Å². The highest BCUT2D eigenvalue weighted by molar-refractivity contribution is 5.92. The molecule has 1 aliphatic rings. The molecule has 0 radical (unpaired) electrons. The van der Waals surface area contributed by atoms with E-state index < -0.39 is 0 Å². The molecule has 0 aliphatic carbocycles. The van der Waals surface area contributed by atoms with Crippen LogP contribution in [0.4, 0.5) is 11.4 Å². The predicted octanol–water partition coefficient (Wildman–Crippen LogP) is 1.89. The molecule has 2 amide bonds. The molecule has 1 saturated heterocycles. The number of rotatable bonds is 7. The number of piperazine rings is 1. The lowest BCUT2D eigenvalue weighted by Crippen LogP contribution is -2.50. The number of hydrogen-bond donors (Lipinski definition) is 2. The van der Waals surface area contributed by atoms with Crippen LogP contribution in [0.25, 0.3) is 0 Å². The number of carbonyl (C=O) groups excluding carboxylic acids is 2. The molecule has 28 heavy (non-hydrogen) atoms. The first-order chi connectivity index (χ1) is 13.6. The Balaban J connectivity index is 1.37. The highest BCUT2D eigenvalue weighted by Crippen LogP contribution is 2.15. The monoisotopic (exact) mass is 382 g/mol. The molecule has 0 unspecified atom stereocenters. The average Bonchev–Trinajstić information content (AvgIpc) is 2.71. The van der Waals surface area contributed by atoms with Crippen LogP contribution >= 0.6 is 0 Å². The predicted molar refractivity (Wildman–Crippen MR) is 110 cm³/mol. The lowest BCUT2D eigenvalue weighted by atomic mass is 10.2. The minimum absolute atomic E-state index is 0.0168. The van der Waals surface area contributed by atoms with Crippen LogP contribution in [0.15, 0.2) is 54.6 Å². The molecule has 1 heterocycles. The quantitative estimate of drug-likeness (QED) is 0.765. The zero-order valence-electron chi connectivity index (χ0n) is 16.1. The van der Waals surface area contributed by atoms with E-state index >= 15 is 0 Å². The zero-order valence-corrected chi connectivity index (χ0v) is 16.1. The van der Waals surface area contributed by atoms with Gasteiger partial charge in [-0.15, -0.1) is 0 Å². The van der Waals surface area contributed by atoms with Gasteiger partial charge in [0.15, 0.2) is 0 Å². The summed E-state index contributed by atoms with van der Waals surface area (Å²) in [6, 6.07) is 16.7. The van der Waals surface area contributed by atoms with Crippen LogP contribution in [-0.2, 0) is 9.59 Å². The van der Waals surface area contributed by atoms with E-state index in [4.69, 9.17) is 4.74 Å². The summed E-state index contributed by atoms with van der Waals surface area (Å²) in [5.74, 6) is 0.697. The maximum absolute atomic E-state index is 12.2. The molecule has 0 bridgehead atoms. The molecule has 2 N–H and O–H groups in total. The normalized spacial score (nSPS) is 15.0. The van der Waals surface area contributed by atoms with E-state index in [9.17, 15) is 9.59 Å². The van der Waals surface area contributed by atoms with Gasteiger partial charge in [-0.3, -0.25) is 19.4 Å². The topological polar surface area (TPSA) is 73.9 Å². The molecule has 3 rings (SSSR count). The largest absolute Gasteiger partial charge is 0.497 e. The van der Waals surface area contributed by atoms with Gasteiger partial charge in [-0.25, -0.2) is 0 Å². The SMILES string of the molecule is COc1ccc(NC(=O)CN2CCN(CC(=O)Nc3ccccc3)CC2)cc1. The van der Waals surface area contributed by atoms with Crippen LogP contribution in [-0.4, -0.2) is 68.0 Å². The second kappa shape index (κ2) is 9.87. The number of hydrogen-bond acceptors (Lipinski definition) is 5. The van der Waals surface area contributed by atoms with Gasteiger partial charge < -0.3 is 15.4 Å². The molecule has 7 heteroatoms. The summed E-state index contributed by atoms with van der Waals surface area (Å²) in [5.41, 5.74) is 1.56. The third-order valence-corrected chi connectivity index (χ3v) is 4.63. The fourth-order valence-corrected chi connectivity index (χ4v) is 3.11. The zero-order chi connectivity index (χ0) is 19.8. The van der Waals surface area contributed by atoms with Crippen molar-refractivity contribution >= 4 is 23.2 Å². The summed E-state index contributed by atoms with van der Waals surface area (Å²) in [5, 5.41) is 5.80. The second-order valence-electron chi connectivity index (χ2n) is 6.74. The summed E-state index contributed by atoms with van der Waals surface area (Å²) < 4.78 is 5.11. The minimum atomic E-state index is -0.0413. The molecule has 2 aromatic carbocycles. The Labute approximate surface area is 165 Å². The fourth-order valence-electron chi connectivity index (χ4n) is 3.11. The lowest BCUT2D eigenvalue weighted by molar-refractivity contribution is -0.120. The van der Waals surface area contributed by atoms with Crippen molar-refractivity contribution in [1.82, 2.24) is 9.80 Å². The summed E-state index contributed by atoms with van der Waals surface area (Å²) in [6.45, 7) is 3.75. The third-order valence-electron chi connectivity index (χ3n) is 4.63. The number of carbonyl (C=O) groups is 2. The van der Waals surface area contributed by atoms with Crippen LogP contribution in [0, 0.1) is 0 Å². The molecule has 1 fully saturated rings. The number of nitrogens with zero attached hydrogens (tertiary/aromatic N) is 2. The van der Waals surface area contributed by atoms with E-state index in [-0.39, 0.29) is 11.8 Å². The van der Waals surface area contributed by atoms with Crippen molar-refractivity contribution in [3.05, 3.63) is 54.6 Å². The average molecular weight is 382 g/mol. The third kappa shape index (κ3) is 6.07. The Hall–Kier alpha value is -2.90. The Morgan fingerprint density at radius 2 is 1.25 bits per heavy atom. The number of amides is 2. The summed E-state index contributed by atoms with van der Waals surface area (Å²) in [6.07, 6.45) is 0. The lowest BCUT2D eigenvalue weighted by Gasteiger charge is -2.33. The van der Waals surface area contributed by atoms with Crippen LogP contribution in [0.2, 0.25) is 0 Å². The molecule has 0 saturated carbocycles. The summed E-state index contributed by atoms with van der Waals surface area (Å²) in [4.78, 5) is 28.6. The van der Waals surface area contributed by atoms with Gasteiger partial charge in [-0.1, -0.05) is 18.2 Å². The molecule has 0 spiro atoms. The first kappa shape index (κ1) is 19.9. The van der Waals surface area contributed by atoms with Gasteiger partial charge in [0, 0.05) is 37.6 Å². The van der Waals surface area contributed by atoms with Gasteiger partial charge in [-0.2, -0.15) is 0 Å². The summed E-state index contributed by atoms with van der Waals surface area (Å²) >= 11 is 0. The van der Waals surface area contributed by atoms with E-state index in [1.807, 2.05) is 54.6 Å². The van der Waals surface area contributed by atoms with Gasteiger partial charge in [0.2, 0.25) is 11.8 Å². The van der Waals surface area contributed by atoms with Gasteiger partial charge in [0.05, 0.1) is 20.2 Å². The number of nitrogens with one attached hydrogen (secondary N) is 2. The number of benzene rings is 2. The van der Waals surface area contributed by atoms with E-state index in [0.717, 1.165) is 43.3 Å². The molecule has 7 nitrogen and oxygen atoms in total. The number of ether oxygens (including phenoxy) is 1. The highest BCUT2D eigenvalue weighted by atomic mass is 16.5. The second-order valence-corrected chi connectivity index (χ2v) is 6.74. The smallest absolute Gasteiger partial charge is 0.238 e. The molecular weight excluding hydrogens is 356 g/mol. The number of methoxy groups -OCH3 is 1. The van der Waals surface area contributed by atoms with Gasteiger partial charge in [0.25, 0.3) is 0 Å². The van der Waals surface area contributed by atoms with Crippen LogP contribution < -0.4 is 15.4 Å². The Morgan fingerprint density at radius 3 is 1.71 bits per heavy atom. The molecule has 2 aromatic rings. The summed E-state index contributed by atoms with van der Waals surface area (Å²) in [7, 11) is 1.61. The van der Waals surface area contributed by atoms with Crippen LogP contribution in [0.5, 0.6) is 5.75 Å². The van der Waals surface area contributed by atoms with Gasteiger partial charge in [0.1, 0.15) is 5.75 Å². The van der Waals surface area contributed by atoms with Gasteiger partial charge in [-0.05, 0) is 36.4 Å². The molecule has 148 valence electrons. The van der Waals surface area contributed by atoms with Crippen LogP contribution in [0.1, 0.15) is 0 Å². The number of anilines is 2. The molecule has 0 aromatic heterocycles. The van der Waals surface area contributed by atoms with E-state index in [0.29, 0.717) is 13.1 Å². The van der Waals surface area contributed by atoms with Crippen molar-refractivity contribution in [1.29, 1.82) is 0 Å². The Kier molecular flexibility index (Phi) is 7.00. The van der Waals surface area contributed by atoms with Crippen molar-refractivity contribution in [2.24, 2.45) is 0 Å². The van der Waals surface area contributed by atoms with E-state index in [2.05, 4.69) is 20.4 Å². The van der Waals surface area contributed by atoms with Crippen molar-refractivity contribution in [3.8, 4) is 5.75 Å². The van der Waals surface area contributed by atoms with Gasteiger partial charge >= 0.3 is 0 Å². The number of para-hydroxylation sites is 1. The van der Waals surface area contributed by atoms with Crippen molar-refractivity contribution < 1.29 is 14.3 Å². The Bertz CT molecular complexity index is 772. The standard InChI is InChI=1S/C21H26N4O3/c1-28-19-9-7-18(8-10-19)23-21(27)16-25-13-11-24(12-14-25)15-20(26)22-17-5-3-2-4-6-17/h2-10H,11-16H2,1H3,(H,22,26)(H,23,27). The van der Waals surface area contributed by atoms with Crippen molar-refractivity contribution in [3.63, 3.8) is 0 Å². The first-order valence-corrected chi connectivity index (χ1v) is 9.36. The van der Waals surface area contributed by atoms with Crippen molar-refractivity contribution in [2.45, 2.75) is 0 Å². The molecule has 0 atom stereocenters. The molecular formula is C21H26N4O3. The maximum Gasteiger partial charge on any atom is 0.238 e. The maximum atomic E-state index is 12.2. The van der Waals surface area contributed by atoms with E-state index in [1.165, 1.54) is 0 Å². The van der Waals surface area contributed by atoms with Crippen molar-refractivity contribution in [2.75, 3.05) is 57.0 Å².